The van der Waals surface area contributed by atoms with E-state index in [2.05, 4.69) is 16.7 Å². The van der Waals surface area contributed by atoms with Crippen LogP contribution < -0.4 is 10.6 Å². The largest absolute Gasteiger partial charge is 0.508 e. The normalized spacial score (nSPS) is 15.2. The molecule has 2 aromatic rings. The lowest BCUT2D eigenvalue weighted by molar-refractivity contribution is -0.142. The average Bonchev–Trinajstić information content (AvgIpc) is 2.90. The minimum absolute atomic E-state index is 0.00409. The first-order valence-corrected chi connectivity index (χ1v) is 14.2. The van der Waals surface area contributed by atoms with E-state index < -0.39 is 29.7 Å². The molecule has 41 heavy (non-hydrogen) atoms. The molecule has 3 rings (SSSR count). The number of carbonyl (C=O) groups is 3. The Morgan fingerprint density at radius 1 is 1.07 bits per heavy atom. The highest BCUT2D eigenvalue weighted by molar-refractivity contribution is 5.92. The molecule has 0 heterocycles. The molecular weight excluding hydrogens is 520 g/mol. The standard InChI is InChI=1S/C32H42N4O5/c1-21-11-12-22(2)26(19-21)28(29(38)34-24-9-7-6-8-10-24)36(18-17-33)30(39)27(35-31(40)41-32(3,4)5)20-23-13-15-25(37)16-14-23/h11-16,19,24,27-28,37H,6-10,18,20H2,1-5H3,(H,34,38)(H,35,40). The van der Waals surface area contributed by atoms with Crippen molar-refractivity contribution in [1.82, 2.24) is 15.5 Å². The zero-order valence-corrected chi connectivity index (χ0v) is 24.7. The topological polar surface area (TPSA) is 132 Å². The number of phenols is 1. The molecule has 0 radical (unpaired) electrons. The highest BCUT2D eigenvalue weighted by atomic mass is 16.6. The number of carbonyl (C=O) groups excluding carboxylic acids is 3. The van der Waals surface area contributed by atoms with E-state index >= 15 is 0 Å². The molecule has 2 aromatic carbocycles. The van der Waals surface area contributed by atoms with Gasteiger partial charge in [-0.2, -0.15) is 5.26 Å². The first-order valence-electron chi connectivity index (χ1n) is 14.2. The van der Waals surface area contributed by atoms with Crippen LogP contribution in [0.3, 0.4) is 0 Å². The number of amides is 3. The fourth-order valence-corrected chi connectivity index (χ4v) is 5.12. The van der Waals surface area contributed by atoms with E-state index in [0.29, 0.717) is 11.1 Å². The molecule has 0 aliphatic heterocycles. The van der Waals surface area contributed by atoms with Crippen molar-refractivity contribution in [3.05, 3.63) is 64.7 Å². The smallest absolute Gasteiger partial charge is 0.408 e. The van der Waals surface area contributed by atoms with E-state index in [1.165, 1.54) is 17.0 Å². The van der Waals surface area contributed by atoms with E-state index in [1.807, 2.05) is 32.0 Å². The molecule has 1 aliphatic rings. The van der Waals surface area contributed by atoms with Gasteiger partial charge in [0.25, 0.3) is 0 Å². The fourth-order valence-electron chi connectivity index (χ4n) is 5.12. The Balaban J connectivity index is 2.03. The van der Waals surface area contributed by atoms with E-state index in [0.717, 1.165) is 43.2 Å². The highest BCUT2D eigenvalue weighted by Gasteiger charge is 2.38. The van der Waals surface area contributed by atoms with Crippen molar-refractivity contribution in [1.29, 1.82) is 5.26 Å². The monoisotopic (exact) mass is 562 g/mol. The number of phenolic OH excluding ortho intramolecular Hbond substituents is 1. The summed E-state index contributed by atoms with van der Waals surface area (Å²) in [6, 6.07) is 11.8. The highest BCUT2D eigenvalue weighted by Crippen LogP contribution is 2.28. The van der Waals surface area contributed by atoms with Crippen molar-refractivity contribution in [2.24, 2.45) is 0 Å². The SMILES string of the molecule is Cc1ccc(C)c(C(C(=O)NC2CCCCC2)N(CC#N)C(=O)C(Cc2ccc(O)cc2)NC(=O)OC(C)(C)C)c1. The number of aryl methyl sites for hydroxylation is 2. The Kier molecular flexibility index (Phi) is 10.8. The molecule has 1 saturated carbocycles. The van der Waals surface area contributed by atoms with Gasteiger partial charge in [-0.25, -0.2) is 4.79 Å². The second-order valence-corrected chi connectivity index (χ2v) is 11.8. The first-order chi connectivity index (χ1) is 19.4. The van der Waals surface area contributed by atoms with E-state index in [4.69, 9.17) is 4.74 Å². The summed E-state index contributed by atoms with van der Waals surface area (Å²) in [7, 11) is 0. The van der Waals surface area contributed by atoms with Crippen molar-refractivity contribution in [3.8, 4) is 11.8 Å². The lowest BCUT2D eigenvalue weighted by Crippen LogP contribution is -2.54. The van der Waals surface area contributed by atoms with Crippen molar-refractivity contribution < 1.29 is 24.2 Å². The third-order valence-electron chi connectivity index (χ3n) is 7.13. The van der Waals surface area contributed by atoms with Gasteiger partial charge in [0, 0.05) is 12.5 Å². The summed E-state index contributed by atoms with van der Waals surface area (Å²) in [5.41, 5.74) is 2.22. The number of ether oxygens (including phenoxy) is 1. The molecule has 1 aliphatic carbocycles. The summed E-state index contributed by atoms with van der Waals surface area (Å²) in [6.07, 6.45) is 4.16. The van der Waals surface area contributed by atoms with Crippen LogP contribution in [0.15, 0.2) is 42.5 Å². The van der Waals surface area contributed by atoms with Gasteiger partial charge in [0.05, 0.1) is 6.07 Å². The second-order valence-electron chi connectivity index (χ2n) is 11.8. The minimum atomic E-state index is -1.14. The maximum atomic E-state index is 14.3. The van der Waals surface area contributed by atoms with Crippen LogP contribution in [0.4, 0.5) is 4.79 Å². The molecule has 2 unspecified atom stereocenters. The molecule has 0 aromatic heterocycles. The zero-order chi connectivity index (χ0) is 30.2. The average molecular weight is 563 g/mol. The van der Waals surface area contributed by atoms with Crippen LogP contribution in [0.1, 0.15) is 81.2 Å². The van der Waals surface area contributed by atoms with Gasteiger partial charge in [-0.05, 0) is 76.3 Å². The van der Waals surface area contributed by atoms with Crippen molar-refractivity contribution in [3.63, 3.8) is 0 Å². The van der Waals surface area contributed by atoms with Crippen molar-refractivity contribution in [2.75, 3.05) is 6.54 Å². The number of aromatic hydroxyl groups is 1. The fraction of sp³-hybridized carbons (Fsp3) is 0.500. The molecule has 9 nitrogen and oxygen atoms in total. The number of nitrogens with one attached hydrogen (secondary N) is 2. The summed E-state index contributed by atoms with van der Waals surface area (Å²) in [5.74, 6) is -0.873. The summed E-state index contributed by atoms with van der Waals surface area (Å²) in [4.78, 5) is 42.4. The van der Waals surface area contributed by atoms with Gasteiger partial charge in [-0.15, -0.1) is 0 Å². The maximum absolute atomic E-state index is 14.3. The number of hydrogen-bond donors (Lipinski definition) is 3. The van der Waals surface area contributed by atoms with Crippen molar-refractivity contribution in [2.45, 2.75) is 96.9 Å². The van der Waals surface area contributed by atoms with Crippen molar-refractivity contribution >= 4 is 17.9 Å². The van der Waals surface area contributed by atoms with Crippen LogP contribution in [-0.2, 0) is 20.7 Å². The van der Waals surface area contributed by atoms with Gasteiger partial charge in [-0.1, -0.05) is 55.2 Å². The summed E-state index contributed by atoms with van der Waals surface area (Å²) < 4.78 is 5.44. The van der Waals surface area contributed by atoms with Gasteiger partial charge in [0.2, 0.25) is 11.8 Å². The van der Waals surface area contributed by atoms with Gasteiger partial charge in [-0.3, -0.25) is 9.59 Å². The number of nitriles is 1. The third-order valence-corrected chi connectivity index (χ3v) is 7.13. The number of hydrogen-bond acceptors (Lipinski definition) is 6. The Hall–Kier alpha value is -4.06. The summed E-state index contributed by atoms with van der Waals surface area (Å²) in [5, 5.41) is 25.4. The molecular formula is C32H42N4O5. The van der Waals surface area contributed by atoms with E-state index in [9.17, 15) is 24.8 Å². The molecule has 0 bridgehead atoms. The molecule has 9 heteroatoms. The minimum Gasteiger partial charge on any atom is -0.508 e. The lowest BCUT2D eigenvalue weighted by atomic mass is 9.93. The Labute approximate surface area is 242 Å². The number of nitrogens with zero attached hydrogens (tertiary/aromatic N) is 2. The third kappa shape index (κ3) is 9.24. The zero-order valence-electron chi connectivity index (χ0n) is 24.7. The summed E-state index contributed by atoms with van der Waals surface area (Å²) >= 11 is 0. The van der Waals surface area contributed by atoms with Crippen LogP contribution in [0.25, 0.3) is 0 Å². The lowest BCUT2D eigenvalue weighted by Gasteiger charge is -2.35. The molecule has 0 saturated heterocycles. The predicted octanol–water partition coefficient (Wildman–Crippen LogP) is 4.99. The number of alkyl carbamates (subject to hydrolysis) is 1. The van der Waals surface area contributed by atoms with Crippen LogP contribution in [0, 0.1) is 25.2 Å². The Morgan fingerprint density at radius 2 is 1.73 bits per heavy atom. The van der Waals surface area contributed by atoms with Crippen LogP contribution in [0.5, 0.6) is 5.75 Å². The summed E-state index contributed by atoms with van der Waals surface area (Å²) in [6.45, 7) is 8.58. The second kappa shape index (κ2) is 14.0. The molecule has 3 amide bonds. The van der Waals surface area contributed by atoms with Gasteiger partial charge in [0.1, 0.15) is 30.0 Å². The van der Waals surface area contributed by atoms with Gasteiger partial charge < -0.3 is 25.4 Å². The van der Waals surface area contributed by atoms with Crippen LogP contribution in [-0.4, -0.2) is 52.1 Å². The quantitative estimate of drug-likeness (QED) is 0.369. The molecule has 0 spiro atoms. The first kappa shape index (κ1) is 31.5. The molecule has 2 atom stereocenters. The maximum Gasteiger partial charge on any atom is 0.408 e. The van der Waals surface area contributed by atoms with E-state index in [-0.39, 0.29) is 30.7 Å². The van der Waals surface area contributed by atoms with Gasteiger partial charge in [0.15, 0.2) is 0 Å². The van der Waals surface area contributed by atoms with Gasteiger partial charge >= 0.3 is 6.09 Å². The Bertz CT molecular complexity index is 1260. The predicted molar refractivity (Wildman–Crippen MR) is 156 cm³/mol. The molecule has 220 valence electrons. The Morgan fingerprint density at radius 3 is 2.34 bits per heavy atom. The van der Waals surface area contributed by atoms with E-state index in [1.54, 1.807) is 32.9 Å². The molecule has 3 N–H and O–H groups in total. The number of rotatable bonds is 9. The van der Waals surface area contributed by atoms with Crippen LogP contribution >= 0.6 is 0 Å². The molecule has 1 fully saturated rings. The van der Waals surface area contributed by atoms with Crippen LogP contribution in [0.2, 0.25) is 0 Å². The number of benzene rings is 2.